The van der Waals surface area contributed by atoms with E-state index in [1.165, 1.54) is 10.6 Å². The SMILES string of the molecule is C[C@@H]1Cc2cc(C(=O)COC(=O)c3ccc(N(C)C)cc3)ccc2N1S(C)(=O)=O. The van der Waals surface area contributed by atoms with E-state index in [1.54, 1.807) is 42.5 Å². The number of ether oxygens (including phenoxy) is 1. The maximum Gasteiger partial charge on any atom is 0.338 e. The Morgan fingerprint density at radius 1 is 1.10 bits per heavy atom. The zero-order valence-corrected chi connectivity index (χ0v) is 17.7. The van der Waals surface area contributed by atoms with Crippen LogP contribution in [0.4, 0.5) is 11.4 Å². The number of Topliss-reactive ketones (excluding diaryl/α,β-unsaturated/α-hetero) is 1. The van der Waals surface area contributed by atoms with Crippen molar-refractivity contribution in [2.24, 2.45) is 0 Å². The van der Waals surface area contributed by atoms with Crippen molar-refractivity contribution in [2.75, 3.05) is 36.2 Å². The normalized spacial score (nSPS) is 15.7. The third-order valence-corrected chi connectivity index (χ3v) is 6.14. The summed E-state index contributed by atoms with van der Waals surface area (Å²) >= 11 is 0. The molecular weight excluding hydrogens is 392 g/mol. The molecule has 1 atom stereocenters. The van der Waals surface area contributed by atoms with Crippen LogP contribution < -0.4 is 9.21 Å². The molecule has 0 aliphatic carbocycles. The summed E-state index contributed by atoms with van der Waals surface area (Å²) in [4.78, 5) is 26.6. The molecule has 0 saturated heterocycles. The van der Waals surface area contributed by atoms with Crippen molar-refractivity contribution in [3.05, 3.63) is 59.2 Å². The monoisotopic (exact) mass is 416 g/mol. The third kappa shape index (κ3) is 4.42. The van der Waals surface area contributed by atoms with Crippen molar-refractivity contribution < 1.29 is 22.7 Å². The second kappa shape index (κ2) is 7.87. The number of fused-ring (bicyclic) bond motifs is 1. The van der Waals surface area contributed by atoms with Crippen molar-refractivity contribution in [1.82, 2.24) is 0 Å². The average molecular weight is 416 g/mol. The number of hydrogen-bond donors (Lipinski definition) is 0. The van der Waals surface area contributed by atoms with Crippen LogP contribution in [0.2, 0.25) is 0 Å². The van der Waals surface area contributed by atoms with Gasteiger partial charge in [-0.05, 0) is 61.4 Å². The number of anilines is 2. The summed E-state index contributed by atoms with van der Waals surface area (Å²) in [6.45, 7) is 1.45. The average Bonchev–Trinajstić information content (AvgIpc) is 3.00. The lowest BCUT2D eigenvalue weighted by Crippen LogP contribution is -2.34. The van der Waals surface area contributed by atoms with Crippen LogP contribution >= 0.6 is 0 Å². The molecular formula is C21H24N2O5S. The van der Waals surface area contributed by atoms with Gasteiger partial charge < -0.3 is 9.64 Å². The van der Waals surface area contributed by atoms with Gasteiger partial charge in [0.25, 0.3) is 0 Å². The summed E-state index contributed by atoms with van der Waals surface area (Å²) in [5, 5.41) is 0. The summed E-state index contributed by atoms with van der Waals surface area (Å²) < 4.78 is 30.5. The Morgan fingerprint density at radius 2 is 1.72 bits per heavy atom. The molecule has 154 valence electrons. The van der Waals surface area contributed by atoms with Gasteiger partial charge in [-0.25, -0.2) is 13.2 Å². The van der Waals surface area contributed by atoms with Crippen LogP contribution in [-0.2, 0) is 21.2 Å². The van der Waals surface area contributed by atoms with Crippen LogP contribution in [0, 0.1) is 0 Å². The van der Waals surface area contributed by atoms with Gasteiger partial charge in [-0.3, -0.25) is 9.10 Å². The zero-order chi connectivity index (χ0) is 21.3. The molecule has 0 aromatic heterocycles. The van der Waals surface area contributed by atoms with Crippen molar-refractivity contribution in [3.63, 3.8) is 0 Å². The Hall–Kier alpha value is -2.87. The number of esters is 1. The van der Waals surface area contributed by atoms with Crippen LogP contribution in [-0.4, -0.2) is 53.2 Å². The Morgan fingerprint density at radius 3 is 2.31 bits per heavy atom. The number of rotatable bonds is 6. The highest BCUT2D eigenvalue weighted by atomic mass is 32.2. The fourth-order valence-electron chi connectivity index (χ4n) is 3.47. The summed E-state index contributed by atoms with van der Waals surface area (Å²) in [7, 11) is 0.420. The summed E-state index contributed by atoms with van der Waals surface area (Å²) in [6, 6.07) is 11.6. The molecule has 2 aromatic rings. The van der Waals surface area contributed by atoms with Gasteiger partial charge in [-0.15, -0.1) is 0 Å². The number of ketones is 1. The van der Waals surface area contributed by atoms with Gasteiger partial charge in [0.2, 0.25) is 10.0 Å². The van der Waals surface area contributed by atoms with Crippen LogP contribution in [0.5, 0.6) is 0 Å². The van der Waals surface area contributed by atoms with Gasteiger partial charge in [0.05, 0.1) is 17.5 Å². The topological polar surface area (TPSA) is 84.0 Å². The Balaban J connectivity index is 1.68. The van der Waals surface area contributed by atoms with Crippen LogP contribution in [0.15, 0.2) is 42.5 Å². The first-order valence-electron chi connectivity index (χ1n) is 9.18. The minimum Gasteiger partial charge on any atom is -0.454 e. The summed E-state index contributed by atoms with van der Waals surface area (Å²) in [5.41, 5.74) is 3.10. The van der Waals surface area contributed by atoms with Gasteiger partial charge in [0.1, 0.15) is 0 Å². The van der Waals surface area contributed by atoms with Gasteiger partial charge in [0.15, 0.2) is 12.4 Å². The molecule has 1 aliphatic rings. The third-order valence-electron chi connectivity index (χ3n) is 4.87. The first kappa shape index (κ1) is 20.9. The summed E-state index contributed by atoms with van der Waals surface area (Å²) in [6.07, 6.45) is 1.70. The molecule has 0 N–H and O–H groups in total. The Kier molecular flexibility index (Phi) is 5.66. The van der Waals surface area contributed by atoms with Crippen LogP contribution in [0.3, 0.4) is 0 Å². The first-order chi connectivity index (χ1) is 13.6. The molecule has 0 fully saturated rings. The molecule has 0 saturated carbocycles. The Bertz CT molecular complexity index is 1050. The first-order valence-corrected chi connectivity index (χ1v) is 11.0. The van der Waals surface area contributed by atoms with E-state index >= 15 is 0 Å². The molecule has 2 aromatic carbocycles. The van der Waals surface area contributed by atoms with Gasteiger partial charge >= 0.3 is 5.97 Å². The highest BCUT2D eigenvalue weighted by Gasteiger charge is 2.32. The Labute approximate surface area is 170 Å². The standard InChI is InChI=1S/C21H24N2O5S/c1-14-11-17-12-16(7-10-19(17)23(14)29(4,26)27)20(24)13-28-21(25)15-5-8-18(9-6-15)22(2)3/h5-10,12,14H,11,13H2,1-4H3/t14-/m1/s1. The maximum atomic E-state index is 12.5. The molecule has 0 spiro atoms. The molecule has 3 rings (SSSR count). The molecule has 29 heavy (non-hydrogen) atoms. The molecule has 0 amide bonds. The van der Waals surface area contributed by atoms with E-state index in [9.17, 15) is 18.0 Å². The van der Waals surface area contributed by atoms with Crippen molar-refractivity contribution >= 4 is 33.2 Å². The van der Waals surface area contributed by atoms with E-state index in [1.807, 2.05) is 25.9 Å². The number of benzene rings is 2. The second-order valence-electron chi connectivity index (χ2n) is 7.40. The largest absolute Gasteiger partial charge is 0.454 e. The number of nitrogens with zero attached hydrogens (tertiary/aromatic N) is 2. The predicted octanol–water partition coefficient (Wildman–Crippen LogP) is 2.50. The van der Waals surface area contributed by atoms with Crippen molar-refractivity contribution in [1.29, 1.82) is 0 Å². The molecule has 0 unspecified atom stereocenters. The zero-order valence-electron chi connectivity index (χ0n) is 16.9. The molecule has 7 nitrogen and oxygen atoms in total. The van der Waals surface area contributed by atoms with E-state index in [0.29, 0.717) is 23.2 Å². The number of carbonyl (C=O) groups is 2. The lowest BCUT2D eigenvalue weighted by atomic mass is 10.0. The van der Waals surface area contributed by atoms with E-state index < -0.39 is 16.0 Å². The number of hydrogen-bond acceptors (Lipinski definition) is 6. The lowest BCUT2D eigenvalue weighted by molar-refractivity contribution is 0.0475. The van der Waals surface area contributed by atoms with E-state index in [-0.39, 0.29) is 18.4 Å². The smallest absolute Gasteiger partial charge is 0.338 e. The minimum absolute atomic E-state index is 0.201. The summed E-state index contributed by atoms with van der Waals surface area (Å²) in [5.74, 6) is -0.904. The van der Waals surface area contributed by atoms with Gasteiger partial charge in [-0.1, -0.05) is 0 Å². The molecule has 1 heterocycles. The van der Waals surface area contributed by atoms with E-state index in [2.05, 4.69) is 0 Å². The van der Waals surface area contributed by atoms with E-state index in [0.717, 1.165) is 11.3 Å². The van der Waals surface area contributed by atoms with Gasteiger partial charge in [-0.2, -0.15) is 0 Å². The number of carbonyl (C=O) groups excluding carboxylic acids is 2. The quantitative estimate of drug-likeness (QED) is 0.531. The van der Waals surface area contributed by atoms with Gasteiger partial charge in [0, 0.05) is 31.4 Å². The van der Waals surface area contributed by atoms with Crippen molar-refractivity contribution in [2.45, 2.75) is 19.4 Å². The molecule has 8 heteroatoms. The van der Waals surface area contributed by atoms with Crippen LogP contribution in [0.25, 0.3) is 0 Å². The highest BCUT2D eigenvalue weighted by molar-refractivity contribution is 7.92. The maximum absolute atomic E-state index is 12.5. The molecule has 0 bridgehead atoms. The second-order valence-corrected chi connectivity index (χ2v) is 9.26. The molecule has 1 aliphatic heterocycles. The van der Waals surface area contributed by atoms with E-state index in [4.69, 9.17) is 4.74 Å². The fraction of sp³-hybridized carbons (Fsp3) is 0.333. The van der Waals surface area contributed by atoms with Crippen molar-refractivity contribution in [3.8, 4) is 0 Å². The minimum atomic E-state index is -3.38. The predicted molar refractivity (Wildman–Crippen MR) is 112 cm³/mol. The fourth-order valence-corrected chi connectivity index (χ4v) is 4.74. The lowest BCUT2D eigenvalue weighted by Gasteiger charge is -2.21. The highest BCUT2D eigenvalue weighted by Crippen LogP contribution is 2.34. The molecule has 0 radical (unpaired) electrons. The number of sulfonamides is 1. The van der Waals surface area contributed by atoms with Crippen LogP contribution in [0.1, 0.15) is 33.2 Å².